The molecule has 5 heteroatoms. The Morgan fingerprint density at radius 2 is 2.21 bits per heavy atom. The van der Waals surface area contributed by atoms with E-state index in [2.05, 4.69) is 11.6 Å². The minimum atomic E-state index is -0.420. The Bertz CT molecular complexity index is 754. The van der Waals surface area contributed by atoms with Gasteiger partial charge >= 0.3 is 11.3 Å². The first-order valence-corrected chi connectivity index (χ1v) is 5.75. The number of rotatable bonds is 3. The highest BCUT2D eigenvalue weighted by Gasteiger charge is 2.23. The van der Waals surface area contributed by atoms with Crippen molar-refractivity contribution >= 4 is 16.7 Å². The molecule has 0 N–H and O–H groups in total. The predicted molar refractivity (Wildman–Crippen MR) is 72.4 cm³/mol. The van der Waals surface area contributed by atoms with Gasteiger partial charge in [-0.15, -0.1) is 0 Å². The van der Waals surface area contributed by atoms with Crippen LogP contribution in [0.25, 0.3) is 15.9 Å². The molecule has 0 aliphatic rings. The molecule has 1 aromatic heterocycles. The van der Waals surface area contributed by atoms with Gasteiger partial charge in [0.25, 0.3) is 0 Å². The number of benzene rings is 1. The predicted octanol–water partition coefficient (Wildman–Crippen LogP) is 3.46. The van der Waals surface area contributed by atoms with E-state index < -0.39 is 5.63 Å². The summed E-state index contributed by atoms with van der Waals surface area (Å²) in [5.74, 6) is 0.378. The van der Waals surface area contributed by atoms with Gasteiger partial charge in [0.1, 0.15) is 12.2 Å². The molecule has 5 nitrogen and oxygen atoms in total. The molecule has 0 fully saturated rings. The molecule has 0 radical (unpaired) electrons. The Hall–Kier alpha value is -2.61. The van der Waals surface area contributed by atoms with Crippen molar-refractivity contribution in [1.82, 2.24) is 0 Å². The van der Waals surface area contributed by atoms with E-state index in [4.69, 9.17) is 14.5 Å². The van der Waals surface area contributed by atoms with E-state index >= 15 is 0 Å². The minimum absolute atomic E-state index is 0.269. The highest BCUT2D eigenvalue weighted by Crippen LogP contribution is 2.37. The molecule has 0 saturated heterocycles. The maximum Gasteiger partial charge on any atom is 0.427 e. The van der Waals surface area contributed by atoms with Crippen molar-refractivity contribution in [2.75, 3.05) is 6.61 Å². The second-order valence-corrected chi connectivity index (χ2v) is 4.17. The summed E-state index contributed by atoms with van der Waals surface area (Å²) in [6, 6.07) is 3.02. The highest BCUT2D eigenvalue weighted by atomic mass is 16.5. The first-order chi connectivity index (χ1) is 9.08. The molecule has 0 bridgehead atoms. The third-order valence-electron chi connectivity index (χ3n) is 2.85. The van der Waals surface area contributed by atoms with Crippen LogP contribution in [0.4, 0.5) is 5.69 Å². The minimum Gasteiger partial charge on any atom is -0.481 e. The zero-order valence-electron chi connectivity index (χ0n) is 10.8. The smallest absolute Gasteiger partial charge is 0.427 e. The van der Waals surface area contributed by atoms with E-state index in [1.165, 1.54) is 6.07 Å². The molecule has 0 aliphatic carbocycles. The summed E-state index contributed by atoms with van der Waals surface area (Å²) >= 11 is 0. The molecular weight excluding hydrogens is 244 g/mol. The summed E-state index contributed by atoms with van der Waals surface area (Å²) < 4.78 is 10.7. The van der Waals surface area contributed by atoms with Gasteiger partial charge in [0.2, 0.25) is 11.1 Å². The molecule has 96 valence electrons. The van der Waals surface area contributed by atoms with E-state index in [0.717, 1.165) is 10.9 Å². The third-order valence-corrected chi connectivity index (χ3v) is 2.85. The van der Waals surface area contributed by atoms with Crippen molar-refractivity contribution in [2.24, 2.45) is 0 Å². The number of hydrogen-bond donors (Lipinski definition) is 0. The Balaban J connectivity index is 2.83. The lowest BCUT2D eigenvalue weighted by molar-refractivity contribution is 0.362. The standard InChI is InChI=1S/C14H13N2O3/c1-4-5-18-14-9(3)13-10(7-11(14)16-15)8(2)6-12(17)19-13/h4,6-7H,1,5H2,2-3H3/q+1. The number of diazo groups is 1. The summed E-state index contributed by atoms with van der Waals surface area (Å²) in [7, 11) is 0. The van der Waals surface area contributed by atoms with Crippen molar-refractivity contribution in [3.8, 4) is 5.75 Å². The van der Waals surface area contributed by atoms with Crippen LogP contribution >= 0.6 is 0 Å². The van der Waals surface area contributed by atoms with E-state index in [1.54, 1.807) is 26.0 Å². The normalized spacial score (nSPS) is 10.2. The number of ether oxygens (including phenoxy) is 1. The van der Waals surface area contributed by atoms with Crippen molar-refractivity contribution in [1.29, 1.82) is 5.39 Å². The molecule has 0 aliphatic heterocycles. The maximum atomic E-state index is 11.4. The molecule has 0 spiro atoms. The van der Waals surface area contributed by atoms with Gasteiger partial charge in [0, 0.05) is 23.1 Å². The Labute approximate surface area is 109 Å². The number of aryl methyl sites for hydroxylation is 2. The average Bonchev–Trinajstić information content (AvgIpc) is 2.38. The van der Waals surface area contributed by atoms with Gasteiger partial charge in [-0.25, -0.2) is 4.79 Å². The van der Waals surface area contributed by atoms with Gasteiger partial charge in [-0.3, -0.25) is 0 Å². The Morgan fingerprint density at radius 3 is 2.84 bits per heavy atom. The van der Waals surface area contributed by atoms with Gasteiger partial charge in [0.05, 0.1) is 0 Å². The maximum absolute atomic E-state index is 11.4. The first kappa shape index (κ1) is 12.8. The number of hydrogen-bond acceptors (Lipinski definition) is 4. The largest absolute Gasteiger partial charge is 0.481 e. The van der Waals surface area contributed by atoms with E-state index in [0.29, 0.717) is 22.6 Å². The van der Waals surface area contributed by atoms with Crippen LogP contribution in [0.15, 0.2) is 34.0 Å². The van der Waals surface area contributed by atoms with Crippen molar-refractivity contribution in [3.63, 3.8) is 0 Å². The Morgan fingerprint density at radius 1 is 1.47 bits per heavy atom. The SMILES string of the molecule is C=CCOc1c([N+]#N)cc2c(C)cc(=O)oc2c1C. The van der Waals surface area contributed by atoms with E-state index in [1.807, 2.05) is 0 Å². The lowest BCUT2D eigenvalue weighted by Gasteiger charge is -2.07. The van der Waals surface area contributed by atoms with Crippen LogP contribution in [0.2, 0.25) is 0 Å². The summed E-state index contributed by atoms with van der Waals surface area (Å²) in [5.41, 5.74) is 1.69. The molecule has 0 unspecified atom stereocenters. The van der Waals surface area contributed by atoms with Crippen LogP contribution in [0.1, 0.15) is 11.1 Å². The summed E-state index contributed by atoms with van der Waals surface area (Å²) in [6.45, 7) is 7.37. The van der Waals surface area contributed by atoms with Gasteiger partial charge in [0.15, 0.2) is 4.98 Å². The van der Waals surface area contributed by atoms with Crippen LogP contribution in [0.3, 0.4) is 0 Å². The van der Waals surface area contributed by atoms with Crippen LogP contribution < -0.4 is 10.4 Å². The van der Waals surface area contributed by atoms with Gasteiger partial charge in [-0.2, -0.15) is 0 Å². The molecule has 1 heterocycles. The molecule has 0 saturated carbocycles. The Kier molecular flexibility index (Phi) is 3.34. The second kappa shape index (κ2) is 4.94. The molecular formula is C14H13N2O3+. The number of nitrogens with zero attached hydrogens (tertiary/aromatic N) is 2. The van der Waals surface area contributed by atoms with Crippen molar-refractivity contribution in [2.45, 2.75) is 13.8 Å². The van der Waals surface area contributed by atoms with Crippen LogP contribution in [0, 0.1) is 19.2 Å². The number of fused-ring (bicyclic) bond motifs is 1. The highest BCUT2D eigenvalue weighted by molar-refractivity contribution is 5.90. The monoisotopic (exact) mass is 257 g/mol. The molecule has 1 aromatic carbocycles. The summed E-state index contributed by atoms with van der Waals surface area (Å²) in [5, 5.41) is 9.79. The van der Waals surface area contributed by atoms with Gasteiger partial charge in [-0.05, 0) is 19.4 Å². The molecule has 0 atom stereocenters. The first-order valence-electron chi connectivity index (χ1n) is 5.75. The average molecular weight is 257 g/mol. The lowest BCUT2D eigenvalue weighted by Crippen LogP contribution is -2.01. The fourth-order valence-electron chi connectivity index (χ4n) is 1.97. The topological polar surface area (TPSA) is 67.6 Å². The van der Waals surface area contributed by atoms with E-state index in [9.17, 15) is 4.79 Å². The molecule has 2 rings (SSSR count). The van der Waals surface area contributed by atoms with E-state index in [-0.39, 0.29) is 6.61 Å². The molecule has 2 aromatic rings. The zero-order valence-corrected chi connectivity index (χ0v) is 10.8. The second-order valence-electron chi connectivity index (χ2n) is 4.17. The molecule has 19 heavy (non-hydrogen) atoms. The summed E-state index contributed by atoms with van der Waals surface area (Å²) in [6.07, 6.45) is 1.58. The van der Waals surface area contributed by atoms with Crippen molar-refractivity contribution < 1.29 is 9.15 Å². The van der Waals surface area contributed by atoms with Crippen LogP contribution in [-0.4, -0.2) is 6.61 Å². The quantitative estimate of drug-likeness (QED) is 0.479. The van der Waals surface area contributed by atoms with Crippen LogP contribution in [-0.2, 0) is 0 Å². The van der Waals surface area contributed by atoms with Gasteiger partial charge < -0.3 is 9.15 Å². The summed E-state index contributed by atoms with van der Waals surface area (Å²) in [4.78, 5) is 14.7. The molecule has 0 amide bonds. The van der Waals surface area contributed by atoms with Gasteiger partial charge in [-0.1, -0.05) is 12.7 Å². The fourth-order valence-corrected chi connectivity index (χ4v) is 1.97. The van der Waals surface area contributed by atoms with Crippen molar-refractivity contribution in [3.05, 3.63) is 51.3 Å². The fraction of sp³-hybridized carbons (Fsp3) is 0.214. The third kappa shape index (κ3) is 2.20. The zero-order chi connectivity index (χ0) is 14.0. The lowest BCUT2D eigenvalue weighted by atomic mass is 10.1. The van der Waals surface area contributed by atoms with Crippen LogP contribution in [0.5, 0.6) is 5.75 Å².